The Hall–Kier alpha value is -2.75. The molecule has 0 aliphatic carbocycles. The second-order valence-electron chi connectivity index (χ2n) is 5.32. The Kier molecular flexibility index (Phi) is 4.10. The molecule has 4 heteroatoms. The molecule has 112 valence electrons. The molecule has 0 atom stereocenters. The van der Waals surface area contributed by atoms with Crippen molar-refractivity contribution in [1.29, 1.82) is 0 Å². The fourth-order valence-corrected chi connectivity index (χ4v) is 2.77. The summed E-state index contributed by atoms with van der Waals surface area (Å²) in [5, 5.41) is 8.94. The Labute approximate surface area is 129 Å². The zero-order valence-corrected chi connectivity index (χ0v) is 12.2. The van der Waals surface area contributed by atoms with Crippen molar-refractivity contribution in [1.82, 2.24) is 9.80 Å². The van der Waals surface area contributed by atoms with Gasteiger partial charge in [-0.25, -0.2) is 0 Å². The maximum absolute atomic E-state index is 10.9. The van der Waals surface area contributed by atoms with E-state index in [-0.39, 0.29) is 12.6 Å². The van der Waals surface area contributed by atoms with E-state index in [1.165, 1.54) is 11.1 Å². The van der Waals surface area contributed by atoms with Crippen LogP contribution in [-0.2, 0) is 4.79 Å². The van der Waals surface area contributed by atoms with Crippen molar-refractivity contribution in [2.24, 2.45) is 0 Å². The maximum Gasteiger partial charge on any atom is 0.323 e. The number of hydrogen-bond donors (Lipinski definition) is 1. The van der Waals surface area contributed by atoms with E-state index in [1.54, 1.807) is 4.90 Å². The van der Waals surface area contributed by atoms with Crippen LogP contribution in [0.5, 0.6) is 0 Å². The molecular formula is C18H18N2O2. The molecule has 0 spiro atoms. The normalized spacial score (nSPS) is 13.9. The van der Waals surface area contributed by atoms with Crippen LogP contribution in [0, 0.1) is 0 Å². The molecule has 1 aliphatic rings. The summed E-state index contributed by atoms with van der Waals surface area (Å²) in [4.78, 5) is 14.8. The van der Waals surface area contributed by atoms with Crippen molar-refractivity contribution in [3.8, 4) is 0 Å². The molecule has 0 unspecified atom stereocenters. The van der Waals surface area contributed by atoms with Gasteiger partial charge in [0.25, 0.3) is 0 Å². The van der Waals surface area contributed by atoms with E-state index in [9.17, 15) is 4.79 Å². The molecule has 1 heterocycles. The average Bonchev–Trinajstić information content (AvgIpc) is 2.97. The highest BCUT2D eigenvalue weighted by Gasteiger charge is 2.24. The zero-order chi connectivity index (χ0) is 15.4. The number of benzene rings is 2. The fraction of sp³-hybridized carbons (Fsp3) is 0.167. The number of aliphatic carboxylic acids is 1. The van der Waals surface area contributed by atoms with Crippen LogP contribution in [0.25, 0.3) is 0 Å². The number of nitrogens with zero attached hydrogens (tertiary/aromatic N) is 2. The minimum atomic E-state index is -0.817. The van der Waals surface area contributed by atoms with E-state index in [0.29, 0.717) is 6.67 Å². The predicted octanol–water partition coefficient (Wildman–Crippen LogP) is 2.91. The maximum atomic E-state index is 10.9. The van der Waals surface area contributed by atoms with Crippen LogP contribution >= 0.6 is 0 Å². The summed E-state index contributed by atoms with van der Waals surface area (Å²) in [5.74, 6) is -0.817. The first kappa shape index (κ1) is 14.2. The Morgan fingerprint density at radius 2 is 1.50 bits per heavy atom. The third-order valence-electron chi connectivity index (χ3n) is 3.71. The fourth-order valence-electron chi connectivity index (χ4n) is 2.77. The summed E-state index contributed by atoms with van der Waals surface area (Å²) >= 11 is 0. The van der Waals surface area contributed by atoms with E-state index in [1.807, 2.05) is 48.8 Å². The van der Waals surface area contributed by atoms with Gasteiger partial charge in [-0.05, 0) is 11.1 Å². The molecular weight excluding hydrogens is 276 g/mol. The summed E-state index contributed by atoms with van der Waals surface area (Å²) < 4.78 is 0. The highest BCUT2D eigenvalue weighted by molar-refractivity contribution is 5.69. The van der Waals surface area contributed by atoms with E-state index >= 15 is 0 Å². The van der Waals surface area contributed by atoms with Gasteiger partial charge in [-0.3, -0.25) is 4.79 Å². The van der Waals surface area contributed by atoms with Gasteiger partial charge in [-0.1, -0.05) is 60.7 Å². The summed E-state index contributed by atoms with van der Waals surface area (Å²) in [6, 6.07) is 20.6. The lowest BCUT2D eigenvalue weighted by atomic mass is 9.98. The van der Waals surface area contributed by atoms with Crippen LogP contribution in [0.3, 0.4) is 0 Å². The standard InChI is InChI=1S/C18H18N2O2/c21-17(22)13-19-11-12-20(14-19)18(15-7-3-1-4-8-15)16-9-5-2-6-10-16/h1-12,18H,13-14H2,(H,21,22). The van der Waals surface area contributed by atoms with Crippen molar-refractivity contribution in [2.75, 3.05) is 13.2 Å². The van der Waals surface area contributed by atoms with Gasteiger partial charge in [0.2, 0.25) is 0 Å². The van der Waals surface area contributed by atoms with Gasteiger partial charge in [0.15, 0.2) is 0 Å². The van der Waals surface area contributed by atoms with E-state index in [2.05, 4.69) is 29.2 Å². The minimum Gasteiger partial charge on any atom is -0.480 e. The topological polar surface area (TPSA) is 43.8 Å². The second kappa shape index (κ2) is 6.35. The number of carboxylic acids is 1. The van der Waals surface area contributed by atoms with Gasteiger partial charge < -0.3 is 14.9 Å². The van der Waals surface area contributed by atoms with Crippen molar-refractivity contribution in [2.45, 2.75) is 6.04 Å². The molecule has 0 saturated carbocycles. The summed E-state index contributed by atoms with van der Waals surface area (Å²) in [5.41, 5.74) is 2.38. The Balaban J connectivity index is 1.88. The van der Waals surface area contributed by atoms with E-state index in [4.69, 9.17) is 5.11 Å². The van der Waals surface area contributed by atoms with Gasteiger partial charge in [0.1, 0.15) is 6.54 Å². The van der Waals surface area contributed by atoms with Gasteiger partial charge in [-0.15, -0.1) is 0 Å². The van der Waals surface area contributed by atoms with Crippen LogP contribution in [0.15, 0.2) is 73.1 Å². The minimum absolute atomic E-state index is 0.0172. The number of carbonyl (C=O) groups is 1. The van der Waals surface area contributed by atoms with E-state index in [0.717, 1.165) is 0 Å². The second-order valence-corrected chi connectivity index (χ2v) is 5.32. The lowest BCUT2D eigenvalue weighted by molar-refractivity contribution is -0.137. The molecule has 22 heavy (non-hydrogen) atoms. The van der Waals surface area contributed by atoms with Crippen LogP contribution in [-0.4, -0.2) is 34.1 Å². The molecule has 0 saturated heterocycles. The van der Waals surface area contributed by atoms with Gasteiger partial charge in [-0.2, -0.15) is 0 Å². The summed E-state index contributed by atoms with van der Waals surface area (Å²) in [6.45, 7) is 0.587. The Bertz CT molecular complexity index is 616. The highest BCUT2D eigenvalue weighted by atomic mass is 16.4. The third kappa shape index (κ3) is 3.11. The molecule has 3 rings (SSSR count). The predicted molar refractivity (Wildman–Crippen MR) is 84.9 cm³/mol. The molecule has 0 aromatic heterocycles. The third-order valence-corrected chi connectivity index (χ3v) is 3.71. The van der Waals surface area contributed by atoms with Gasteiger partial charge in [0.05, 0.1) is 12.7 Å². The Morgan fingerprint density at radius 1 is 0.955 bits per heavy atom. The van der Waals surface area contributed by atoms with Gasteiger partial charge >= 0.3 is 5.97 Å². The lowest BCUT2D eigenvalue weighted by Gasteiger charge is -2.30. The zero-order valence-electron chi connectivity index (χ0n) is 12.2. The van der Waals surface area contributed by atoms with Crippen LogP contribution in [0.1, 0.15) is 17.2 Å². The molecule has 1 aliphatic heterocycles. The van der Waals surface area contributed by atoms with Crippen LogP contribution in [0.2, 0.25) is 0 Å². The molecule has 4 nitrogen and oxygen atoms in total. The van der Waals surface area contributed by atoms with Gasteiger partial charge in [0, 0.05) is 12.4 Å². The first-order valence-electron chi connectivity index (χ1n) is 7.24. The largest absolute Gasteiger partial charge is 0.480 e. The first-order valence-corrected chi connectivity index (χ1v) is 7.24. The monoisotopic (exact) mass is 294 g/mol. The SMILES string of the molecule is O=C(O)CN1C=CN(C(c2ccccc2)c2ccccc2)C1. The number of carboxylic acid groups (broad SMARTS) is 1. The summed E-state index contributed by atoms with van der Waals surface area (Å²) in [7, 11) is 0. The van der Waals surface area contributed by atoms with Crippen LogP contribution < -0.4 is 0 Å². The quantitative estimate of drug-likeness (QED) is 0.921. The smallest absolute Gasteiger partial charge is 0.323 e. The Morgan fingerprint density at radius 3 is 2.00 bits per heavy atom. The molecule has 0 amide bonds. The van der Waals surface area contributed by atoms with Crippen LogP contribution in [0.4, 0.5) is 0 Å². The summed E-state index contributed by atoms with van der Waals surface area (Å²) in [6.07, 6.45) is 3.81. The van der Waals surface area contributed by atoms with E-state index < -0.39 is 5.97 Å². The molecule has 1 N–H and O–H groups in total. The molecule has 2 aromatic carbocycles. The highest BCUT2D eigenvalue weighted by Crippen LogP contribution is 2.30. The average molecular weight is 294 g/mol. The first-order chi connectivity index (χ1) is 10.7. The van der Waals surface area contributed by atoms with Crippen molar-refractivity contribution >= 4 is 5.97 Å². The van der Waals surface area contributed by atoms with Crippen molar-refractivity contribution in [3.05, 3.63) is 84.2 Å². The van der Waals surface area contributed by atoms with Crippen molar-refractivity contribution in [3.63, 3.8) is 0 Å². The van der Waals surface area contributed by atoms with Crippen molar-refractivity contribution < 1.29 is 9.90 Å². The molecule has 0 fully saturated rings. The number of rotatable bonds is 5. The lowest BCUT2D eigenvalue weighted by Crippen LogP contribution is -2.32. The molecule has 0 bridgehead atoms. The molecule has 2 aromatic rings. The number of hydrogen-bond acceptors (Lipinski definition) is 3. The molecule has 0 radical (unpaired) electrons.